The molecular formula is C34H47NO7. The van der Waals surface area contributed by atoms with Crippen molar-refractivity contribution in [1.82, 2.24) is 4.90 Å². The number of phenols is 2. The number of benzene rings is 2. The molecule has 8 heteroatoms. The maximum absolute atomic E-state index is 12.9. The molecule has 0 bridgehead atoms. The molecule has 1 saturated carbocycles. The second-order valence-electron chi connectivity index (χ2n) is 11.3. The van der Waals surface area contributed by atoms with E-state index in [2.05, 4.69) is 0 Å². The Morgan fingerprint density at radius 2 is 1.76 bits per heavy atom. The van der Waals surface area contributed by atoms with Gasteiger partial charge in [0.05, 0.1) is 18.3 Å². The number of phenolic OH excluding ortho intramolecular Hbond substituents is 2. The van der Waals surface area contributed by atoms with Crippen LogP contribution in [0.1, 0.15) is 63.0 Å². The molecule has 0 aromatic heterocycles. The molecule has 0 spiro atoms. The van der Waals surface area contributed by atoms with Crippen molar-refractivity contribution in [3.8, 4) is 11.5 Å². The highest BCUT2D eigenvalue weighted by Gasteiger charge is 2.39. The number of carbonyl (C=O) groups excluding carboxylic acids is 1. The topological polar surface area (TPSA) is 142 Å². The largest absolute Gasteiger partial charge is 0.504 e. The number of hydrogen-bond donors (Lipinski definition) is 6. The average Bonchev–Trinajstić information content (AvgIpc) is 3.24. The van der Waals surface area contributed by atoms with Crippen LogP contribution in [0, 0.1) is 11.8 Å². The molecule has 230 valence electrons. The van der Waals surface area contributed by atoms with Gasteiger partial charge >= 0.3 is 0 Å². The highest BCUT2D eigenvalue weighted by Crippen LogP contribution is 2.36. The lowest BCUT2D eigenvalue weighted by Gasteiger charge is -2.28. The number of aromatic hydroxyl groups is 2. The Balaban J connectivity index is 1.43. The molecule has 2 aromatic rings. The minimum atomic E-state index is -1.03. The molecule has 1 aliphatic carbocycles. The summed E-state index contributed by atoms with van der Waals surface area (Å²) in [6, 6.07) is 14.3. The molecule has 6 atom stereocenters. The zero-order valence-electron chi connectivity index (χ0n) is 24.5. The summed E-state index contributed by atoms with van der Waals surface area (Å²) >= 11 is 0. The van der Waals surface area contributed by atoms with Crippen LogP contribution in [0.4, 0.5) is 0 Å². The highest BCUT2D eigenvalue weighted by atomic mass is 16.3. The minimum Gasteiger partial charge on any atom is -0.504 e. The van der Waals surface area contributed by atoms with Crippen LogP contribution < -0.4 is 0 Å². The summed E-state index contributed by atoms with van der Waals surface area (Å²) in [5.41, 5.74) is 1.78. The van der Waals surface area contributed by atoms with Gasteiger partial charge in [0, 0.05) is 31.7 Å². The first-order chi connectivity index (χ1) is 20.2. The van der Waals surface area contributed by atoms with Gasteiger partial charge in [0.1, 0.15) is 6.23 Å². The summed E-state index contributed by atoms with van der Waals surface area (Å²) < 4.78 is 0. The molecule has 0 radical (unpaired) electrons. The van der Waals surface area contributed by atoms with E-state index >= 15 is 0 Å². The lowest BCUT2D eigenvalue weighted by molar-refractivity contribution is -0.141. The van der Waals surface area contributed by atoms with E-state index in [0.29, 0.717) is 50.6 Å². The standard InChI is InChI=1S/C34H47NO7/c1-2-20-35(34(42)22-25-15-19-29(37)32(40)21-25)33(41)13-9-4-3-8-12-27-28(31(39)23-30(27)38)18-17-26(36)16-14-24-10-6-5-7-11-24/h3,5-8,10-11,15,17-19,21,26-28,30-31,34,36-40,42H,2,4,9,12-14,16,20,22-23H2,1H3/b8-3-,18-17+/t26-,27+,28+,30-,31+,34?/m0/s1. The number of allylic oxidation sites excluding steroid dienone is 2. The quantitative estimate of drug-likeness (QED) is 0.0754. The van der Waals surface area contributed by atoms with Crippen molar-refractivity contribution in [2.45, 2.75) is 89.3 Å². The van der Waals surface area contributed by atoms with Crippen molar-refractivity contribution in [2.75, 3.05) is 6.54 Å². The number of aliphatic hydroxyl groups is 4. The number of rotatable bonds is 16. The maximum Gasteiger partial charge on any atom is 0.224 e. The van der Waals surface area contributed by atoms with Gasteiger partial charge < -0.3 is 35.5 Å². The van der Waals surface area contributed by atoms with Crippen LogP contribution in [-0.4, -0.2) is 72.5 Å². The van der Waals surface area contributed by atoms with E-state index in [9.17, 15) is 35.4 Å². The van der Waals surface area contributed by atoms with Crippen LogP contribution in [0.3, 0.4) is 0 Å². The van der Waals surface area contributed by atoms with Gasteiger partial charge in [-0.2, -0.15) is 0 Å². The van der Waals surface area contributed by atoms with E-state index in [1.54, 1.807) is 12.1 Å². The van der Waals surface area contributed by atoms with Crippen molar-refractivity contribution >= 4 is 5.91 Å². The zero-order valence-corrected chi connectivity index (χ0v) is 24.5. The summed E-state index contributed by atoms with van der Waals surface area (Å²) in [6.07, 6.45) is 9.24. The van der Waals surface area contributed by atoms with Crippen molar-refractivity contribution in [1.29, 1.82) is 0 Å². The fourth-order valence-corrected chi connectivity index (χ4v) is 5.60. The fraction of sp³-hybridized carbons (Fsp3) is 0.500. The first-order valence-electron chi connectivity index (χ1n) is 15.1. The Morgan fingerprint density at radius 1 is 1.00 bits per heavy atom. The number of carbonyl (C=O) groups is 1. The first kappa shape index (κ1) is 33.3. The molecule has 1 unspecified atom stereocenters. The van der Waals surface area contributed by atoms with Gasteiger partial charge in [-0.05, 0) is 67.7 Å². The van der Waals surface area contributed by atoms with Gasteiger partial charge in [-0.25, -0.2) is 0 Å². The summed E-state index contributed by atoms with van der Waals surface area (Å²) in [6.45, 7) is 2.35. The molecule has 1 aliphatic rings. The predicted molar refractivity (Wildman–Crippen MR) is 163 cm³/mol. The van der Waals surface area contributed by atoms with E-state index in [4.69, 9.17) is 0 Å². The van der Waals surface area contributed by atoms with Crippen LogP contribution in [0.5, 0.6) is 11.5 Å². The Kier molecular flexibility index (Phi) is 13.5. The molecular weight excluding hydrogens is 534 g/mol. The van der Waals surface area contributed by atoms with E-state index < -0.39 is 24.5 Å². The molecule has 8 nitrogen and oxygen atoms in total. The molecule has 42 heavy (non-hydrogen) atoms. The van der Waals surface area contributed by atoms with Crippen molar-refractivity contribution < 1.29 is 35.4 Å². The number of aliphatic hydroxyl groups excluding tert-OH is 4. The lowest BCUT2D eigenvalue weighted by atomic mass is 9.89. The van der Waals surface area contributed by atoms with Gasteiger partial charge in [-0.1, -0.05) is 67.6 Å². The van der Waals surface area contributed by atoms with Gasteiger partial charge in [0.2, 0.25) is 5.91 Å². The smallest absolute Gasteiger partial charge is 0.224 e. The summed E-state index contributed by atoms with van der Waals surface area (Å²) in [7, 11) is 0. The third kappa shape index (κ3) is 10.3. The molecule has 1 fully saturated rings. The molecule has 6 N–H and O–H groups in total. The molecule has 0 saturated heterocycles. The SMILES string of the molecule is CCCN(C(=O)CCC/C=C\C[C@@H]1[C@@H](/C=C/[C@@H](O)CCc2ccccc2)[C@H](O)C[C@@H]1O)C(O)Cc1ccc(O)c(O)c1. The maximum atomic E-state index is 12.9. The Bertz CT molecular complexity index is 1150. The first-order valence-corrected chi connectivity index (χ1v) is 15.1. The van der Waals surface area contributed by atoms with E-state index in [0.717, 1.165) is 12.0 Å². The van der Waals surface area contributed by atoms with Crippen LogP contribution in [0.15, 0.2) is 72.8 Å². The van der Waals surface area contributed by atoms with E-state index in [1.807, 2.05) is 55.5 Å². The monoisotopic (exact) mass is 581 g/mol. The van der Waals surface area contributed by atoms with Gasteiger partial charge in [0.15, 0.2) is 11.5 Å². The molecule has 0 aliphatic heterocycles. The van der Waals surface area contributed by atoms with E-state index in [1.165, 1.54) is 17.0 Å². The van der Waals surface area contributed by atoms with Crippen LogP contribution in [0.25, 0.3) is 0 Å². The van der Waals surface area contributed by atoms with Crippen LogP contribution >= 0.6 is 0 Å². The van der Waals surface area contributed by atoms with Crippen LogP contribution in [-0.2, 0) is 17.6 Å². The fourth-order valence-electron chi connectivity index (χ4n) is 5.60. The number of amides is 1. The van der Waals surface area contributed by atoms with Gasteiger partial charge in [-0.15, -0.1) is 0 Å². The second kappa shape index (κ2) is 17.1. The number of unbranched alkanes of at least 4 members (excludes halogenated alkanes) is 1. The molecule has 0 heterocycles. The molecule has 2 aromatic carbocycles. The third-order valence-corrected chi connectivity index (χ3v) is 7.98. The van der Waals surface area contributed by atoms with Gasteiger partial charge in [-0.3, -0.25) is 4.79 Å². The molecule has 1 amide bonds. The Hall–Kier alpha value is -3.17. The summed E-state index contributed by atoms with van der Waals surface area (Å²) in [5.74, 6) is -1.03. The average molecular weight is 582 g/mol. The summed E-state index contributed by atoms with van der Waals surface area (Å²) in [4.78, 5) is 14.3. The van der Waals surface area contributed by atoms with Crippen LogP contribution in [0.2, 0.25) is 0 Å². The third-order valence-electron chi connectivity index (χ3n) is 7.98. The van der Waals surface area contributed by atoms with Gasteiger partial charge in [0.25, 0.3) is 0 Å². The zero-order chi connectivity index (χ0) is 30.5. The normalized spacial score (nSPS) is 22.1. The lowest BCUT2D eigenvalue weighted by Crippen LogP contribution is -2.42. The number of nitrogens with zero attached hydrogens (tertiary/aromatic N) is 1. The number of hydrogen-bond acceptors (Lipinski definition) is 7. The highest BCUT2D eigenvalue weighted by molar-refractivity contribution is 5.76. The number of aryl methyl sites for hydroxylation is 1. The minimum absolute atomic E-state index is 0.147. The van der Waals surface area contributed by atoms with Crippen molar-refractivity contribution in [3.05, 3.63) is 84.0 Å². The predicted octanol–water partition coefficient (Wildman–Crippen LogP) is 4.22. The Morgan fingerprint density at radius 3 is 2.48 bits per heavy atom. The van der Waals surface area contributed by atoms with E-state index in [-0.39, 0.29) is 42.1 Å². The van der Waals surface area contributed by atoms with Crippen molar-refractivity contribution in [3.63, 3.8) is 0 Å². The van der Waals surface area contributed by atoms with Crippen molar-refractivity contribution in [2.24, 2.45) is 11.8 Å². The second-order valence-corrected chi connectivity index (χ2v) is 11.3. The molecule has 3 rings (SSSR count). The Labute approximate surface area is 249 Å². The summed E-state index contributed by atoms with van der Waals surface area (Å²) in [5, 5.41) is 61.4.